The molecule has 0 aliphatic rings. The van der Waals surface area contributed by atoms with Gasteiger partial charge in [0.05, 0.1) is 5.69 Å². The van der Waals surface area contributed by atoms with Crippen LogP contribution >= 0.6 is 0 Å². The molecule has 4 nitrogen and oxygen atoms in total. The van der Waals surface area contributed by atoms with E-state index in [1.165, 1.54) is 6.07 Å². The van der Waals surface area contributed by atoms with Crippen molar-refractivity contribution >= 4 is 11.6 Å². The summed E-state index contributed by atoms with van der Waals surface area (Å²) in [5, 5.41) is 2.96. The van der Waals surface area contributed by atoms with Gasteiger partial charge in [-0.25, -0.2) is 9.37 Å². The van der Waals surface area contributed by atoms with Crippen LogP contribution in [0.25, 0.3) is 5.65 Å². The third-order valence-corrected chi connectivity index (χ3v) is 4.58. The van der Waals surface area contributed by atoms with Gasteiger partial charge in [-0.15, -0.1) is 0 Å². The highest BCUT2D eigenvalue weighted by molar-refractivity contribution is 5.77. The van der Waals surface area contributed by atoms with Crippen molar-refractivity contribution in [3.8, 4) is 0 Å². The fraction of sp³-hybridized carbons (Fsp3) is 0.333. The van der Waals surface area contributed by atoms with E-state index in [0.717, 1.165) is 30.6 Å². The van der Waals surface area contributed by atoms with Crippen molar-refractivity contribution in [1.82, 2.24) is 14.7 Å². The highest BCUT2D eigenvalue weighted by Gasteiger charge is 2.24. The summed E-state index contributed by atoms with van der Waals surface area (Å²) in [6, 6.07) is 12.3. The standard InChI is InChI=1S/C21H24FN3O/c1-2-3-7-12-23-21(26)14-17(16-9-4-5-10-18(16)22)19-15-24-20-11-6-8-13-25(19)20/h4-6,8-11,13,15,17H,2-3,7,12,14H2,1H3,(H,23,26). The van der Waals surface area contributed by atoms with Crippen LogP contribution in [0, 0.1) is 5.82 Å². The van der Waals surface area contributed by atoms with Crippen LogP contribution in [-0.2, 0) is 4.79 Å². The number of pyridine rings is 1. The van der Waals surface area contributed by atoms with Crippen molar-refractivity contribution < 1.29 is 9.18 Å². The van der Waals surface area contributed by atoms with Gasteiger partial charge in [0.1, 0.15) is 11.5 Å². The molecule has 3 aromatic rings. The molecule has 0 radical (unpaired) electrons. The van der Waals surface area contributed by atoms with Crippen molar-refractivity contribution in [2.24, 2.45) is 0 Å². The number of benzene rings is 1. The first-order valence-corrected chi connectivity index (χ1v) is 9.13. The number of halogens is 1. The van der Waals surface area contributed by atoms with Gasteiger partial charge in [-0.1, -0.05) is 44.0 Å². The summed E-state index contributed by atoms with van der Waals surface area (Å²) in [7, 11) is 0. The Morgan fingerprint density at radius 3 is 2.81 bits per heavy atom. The van der Waals surface area contributed by atoms with Crippen molar-refractivity contribution in [2.45, 2.75) is 38.5 Å². The summed E-state index contributed by atoms with van der Waals surface area (Å²) >= 11 is 0. The average molecular weight is 353 g/mol. The molecule has 2 aromatic heterocycles. The molecule has 1 atom stereocenters. The molecule has 0 spiro atoms. The molecule has 26 heavy (non-hydrogen) atoms. The first-order chi connectivity index (χ1) is 12.7. The zero-order valence-corrected chi connectivity index (χ0v) is 15.0. The number of amides is 1. The summed E-state index contributed by atoms with van der Waals surface area (Å²) in [5.41, 5.74) is 2.11. The predicted molar refractivity (Wildman–Crippen MR) is 101 cm³/mol. The minimum Gasteiger partial charge on any atom is -0.356 e. The number of rotatable bonds is 8. The Morgan fingerprint density at radius 1 is 1.19 bits per heavy atom. The SMILES string of the molecule is CCCCCNC(=O)CC(c1ccccc1F)c1cnc2ccccn12. The first kappa shape index (κ1) is 18.1. The Morgan fingerprint density at radius 2 is 2.00 bits per heavy atom. The van der Waals surface area contributed by atoms with Gasteiger partial charge in [-0.2, -0.15) is 0 Å². The lowest BCUT2D eigenvalue weighted by atomic mass is 9.92. The minimum atomic E-state index is -0.389. The lowest BCUT2D eigenvalue weighted by Gasteiger charge is -2.18. The number of hydrogen-bond acceptors (Lipinski definition) is 2. The van der Waals surface area contributed by atoms with Gasteiger partial charge in [0, 0.05) is 31.3 Å². The Hall–Kier alpha value is -2.69. The summed E-state index contributed by atoms with van der Waals surface area (Å²) in [6.45, 7) is 2.78. The fourth-order valence-electron chi connectivity index (χ4n) is 3.20. The lowest BCUT2D eigenvalue weighted by molar-refractivity contribution is -0.121. The number of unbranched alkanes of at least 4 members (excludes halogenated alkanes) is 2. The van der Waals surface area contributed by atoms with Gasteiger partial charge in [-0.3, -0.25) is 4.79 Å². The number of hydrogen-bond donors (Lipinski definition) is 1. The summed E-state index contributed by atoms with van der Waals surface area (Å²) in [5.74, 6) is -0.762. The number of carbonyl (C=O) groups is 1. The Kier molecular flexibility index (Phi) is 6.00. The van der Waals surface area contributed by atoms with E-state index in [2.05, 4.69) is 17.2 Å². The molecule has 0 bridgehead atoms. The first-order valence-electron chi connectivity index (χ1n) is 9.13. The Bertz CT molecular complexity index is 874. The second-order valence-electron chi connectivity index (χ2n) is 6.45. The molecule has 0 aliphatic carbocycles. The largest absolute Gasteiger partial charge is 0.356 e. The zero-order chi connectivity index (χ0) is 18.4. The molecular weight excluding hydrogens is 329 g/mol. The van der Waals surface area contributed by atoms with E-state index in [-0.39, 0.29) is 24.1 Å². The third kappa shape index (κ3) is 4.10. The number of aromatic nitrogens is 2. The van der Waals surface area contributed by atoms with Crippen LogP contribution in [0.15, 0.2) is 54.9 Å². The van der Waals surface area contributed by atoms with Crippen molar-refractivity contribution in [3.63, 3.8) is 0 Å². The van der Waals surface area contributed by atoms with E-state index in [9.17, 15) is 9.18 Å². The molecular formula is C21H24FN3O. The molecule has 1 N–H and O–H groups in total. The van der Waals surface area contributed by atoms with E-state index < -0.39 is 0 Å². The quantitative estimate of drug-likeness (QED) is 0.614. The molecule has 1 aromatic carbocycles. The topological polar surface area (TPSA) is 46.4 Å². The maximum atomic E-state index is 14.5. The molecule has 2 heterocycles. The number of imidazole rings is 1. The van der Waals surface area contributed by atoms with Crippen LogP contribution in [0.1, 0.15) is 49.8 Å². The number of nitrogens with zero attached hydrogens (tertiary/aromatic N) is 2. The smallest absolute Gasteiger partial charge is 0.221 e. The highest BCUT2D eigenvalue weighted by atomic mass is 19.1. The lowest BCUT2D eigenvalue weighted by Crippen LogP contribution is -2.27. The summed E-state index contributed by atoms with van der Waals surface area (Å²) < 4.78 is 16.4. The van der Waals surface area contributed by atoms with Gasteiger partial charge in [0.2, 0.25) is 5.91 Å². The Labute approximate surface area is 153 Å². The molecule has 0 aliphatic heterocycles. The predicted octanol–water partition coefficient (Wildman–Crippen LogP) is 4.30. The molecule has 5 heteroatoms. The van der Waals surface area contributed by atoms with Gasteiger partial charge < -0.3 is 9.72 Å². The van der Waals surface area contributed by atoms with Crippen LogP contribution < -0.4 is 5.32 Å². The van der Waals surface area contributed by atoms with Crippen molar-refractivity contribution in [3.05, 3.63) is 71.9 Å². The van der Waals surface area contributed by atoms with Crippen LogP contribution in [0.2, 0.25) is 0 Å². The van der Waals surface area contributed by atoms with Crippen molar-refractivity contribution in [1.29, 1.82) is 0 Å². The second kappa shape index (κ2) is 8.61. The van der Waals surface area contributed by atoms with Crippen molar-refractivity contribution in [2.75, 3.05) is 6.54 Å². The number of nitrogens with one attached hydrogen (secondary N) is 1. The maximum Gasteiger partial charge on any atom is 0.221 e. The third-order valence-electron chi connectivity index (χ3n) is 4.58. The van der Waals surface area contributed by atoms with E-state index in [1.54, 1.807) is 24.4 Å². The molecule has 0 saturated carbocycles. The highest BCUT2D eigenvalue weighted by Crippen LogP contribution is 2.30. The summed E-state index contributed by atoms with van der Waals surface area (Å²) in [4.78, 5) is 16.9. The van der Waals surface area contributed by atoms with Crippen LogP contribution in [0.5, 0.6) is 0 Å². The molecule has 1 amide bonds. The van der Waals surface area contributed by atoms with E-state index in [1.807, 2.05) is 28.8 Å². The van der Waals surface area contributed by atoms with Gasteiger partial charge >= 0.3 is 0 Å². The Balaban J connectivity index is 1.88. The zero-order valence-electron chi connectivity index (χ0n) is 15.0. The van der Waals surface area contributed by atoms with Crippen LogP contribution in [0.4, 0.5) is 4.39 Å². The molecule has 0 saturated heterocycles. The normalized spacial score (nSPS) is 12.2. The molecule has 3 rings (SSSR count). The van der Waals surface area contributed by atoms with Gasteiger partial charge in [-0.05, 0) is 30.2 Å². The minimum absolute atomic E-state index is 0.0692. The van der Waals surface area contributed by atoms with Gasteiger partial charge in [0.25, 0.3) is 0 Å². The van der Waals surface area contributed by atoms with Gasteiger partial charge in [0.15, 0.2) is 0 Å². The monoisotopic (exact) mass is 353 g/mol. The molecule has 1 unspecified atom stereocenters. The summed E-state index contributed by atoms with van der Waals surface area (Å²) in [6.07, 6.45) is 6.97. The van der Waals surface area contributed by atoms with E-state index in [0.29, 0.717) is 12.1 Å². The fourth-order valence-corrected chi connectivity index (χ4v) is 3.20. The molecule has 136 valence electrons. The van der Waals surface area contributed by atoms with Crippen LogP contribution in [-0.4, -0.2) is 21.8 Å². The van der Waals surface area contributed by atoms with E-state index in [4.69, 9.17) is 0 Å². The number of fused-ring (bicyclic) bond motifs is 1. The number of carbonyl (C=O) groups excluding carboxylic acids is 1. The van der Waals surface area contributed by atoms with Crippen LogP contribution in [0.3, 0.4) is 0 Å². The average Bonchev–Trinajstić information content (AvgIpc) is 3.08. The van der Waals surface area contributed by atoms with E-state index >= 15 is 0 Å². The molecule has 0 fully saturated rings. The second-order valence-corrected chi connectivity index (χ2v) is 6.45. The maximum absolute atomic E-state index is 14.5.